The van der Waals surface area contributed by atoms with Gasteiger partial charge in [0.25, 0.3) is 12.4 Å². The number of nitrogens with zero attached hydrogens (tertiary/aromatic N) is 4. The van der Waals surface area contributed by atoms with Crippen molar-refractivity contribution in [1.82, 2.24) is 4.40 Å². The van der Waals surface area contributed by atoms with E-state index < -0.39 is 0 Å². The number of hydrogen-bond acceptors (Lipinski definition) is 4. The number of hydrogen-bond donors (Lipinski definition) is 0. The lowest BCUT2D eigenvalue weighted by molar-refractivity contribution is -0.617. The summed E-state index contributed by atoms with van der Waals surface area (Å²) in [5.74, 6) is 3.53. The Hall–Kier alpha value is -7.51. The van der Waals surface area contributed by atoms with Gasteiger partial charge in [-0.15, -0.1) is 0 Å². The van der Waals surface area contributed by atoms with Crippen LogP contribution >= 0.6 is 0 Å². The Morgan fingerprint density at radius 1 is 0.473 bits per heavy atom. The zero-order chi connectivity index (χ0) is 51.4. The Morgan fingerprint density at radius 3 is 1.51 bits per heavy atom. The second-order valence-corrected chi connectivity index (χ2v) is 25.8. The highest BCUT2D eigenvalue weighted by Crippen LogP contribution is 2.59. The summed E-state index contributed by atoms with van der Waals surface area (Å²) in [7, 11) is 2.24. The van der Waals surface area contributed by atoms with Gasteiger partial charge in [0.05, 0.1) is 35.2 Å². The molecule has 4 aliphatic rings. The number of aryl methyl sites for hydroxylation is 2. The van der Waals surface area contributed by atoms with Crippen molar-refractivity contribution in [2.45, 2.75) is 112 Å². The van der Waals surface area contributed by atoms with E-state index in [0.29, 0.717) is 0 Å². The van der Waals surface area contributed by atoms with Crippen LogP contribution in [0.3, 0.4) is 0 Å². The van der Waals surface area contributed by atoms with Crippen LogP contribution in [0.4, 0.5) is 34.1 Å². The van der Waals surface area contributed by atoms with Crippen molar-refractivity contribution >= 4 is 95.6 Å². The van der Waals surface area contributed by atoms with Crippen molar-refractivity contribution in [3.63, 3.8) is 0 Å². The van der Waals surface area contributed by atoms with Gasteiger partial charge in [0.1, 0.15) is 5.52 Å². The van der Waals surface area contributed by atoms with Gasteiger partial charge >= 0.3 is 0 Å². The highest BCUT2D eigenvalue weighted by molar-refractivity contribution is 7.00. The smallest absolute Gasteiger partial charge is 0.295 e. The summed E-state index contributed by atoms with van der Waals surface area (Å²) in [5.41, 5.74) is 23.3. The number of para-hydroxylation sites is 2. The highest BCUT2D eigenvalue weighted by Gasteiger charge is 2.50. The summed E-state index contributed by atoms with van der Waals surface area (Å²) in [4.78, 5) is 5.13. The van der Waals surface area contributed by atoms with Gasteiger partial charge in [-0.1, -0.05) is 150 Å². The molecule has 14 rings (SSSR count). The van der Waals surface area contributed by atoms with Crippen LogP contribution in [0.1, 0.15) is 111 Å². The number of ether oxygens (including phenoxy) is 2. The van der Waals surface area contributed by atoms with Gasteiger partial charge < -0.3 is 19.3 Å². The number of rotatable bonds is 1. The van der Waals surface area contributed by atoms with Gasteiger partial charge in [0, 0.05) is 27.7 Å². The van der Waals surface area contributed by atoms with Crippen molar-refractivity contribution < 1.29 is 14.0 Å². The minimum atomic E-state index is -0.150. The maximum absolute atomic E-state index is 7.31. The first kappa shape index (κ1) is 45.1. The van der Waals surface area contributed by atoms with E-state index in [9.17, 15) is 0 Å². The normalized spacial score (nSPS) is 14.5. The molecule has 0 saturated heterocycles. The first-order chi connectivity index (χ1) is 35.1. The molecule has 0 atom stereocenters. The number of pyridine rings is 1. The average Bonchev–Trinajstić information content (AvgIpc) is 3.67. The van der Waals surface area contributed by atoms with Crippen molar-refractivity contribution in [3.8, 4) is 34.1 Å². The Morgan fingerprint density at radius 2 is 0.973 bits per heavy atom. The second-order valence-electron chi connectivity index (χ2n) is 25.8. The maximum Gasteiger partial charge on any atom is 0.295 e. The SMILES string of the molecule is Cc1cccc2c3ccccc3n3c4c(-c5cc6c7c(c5)N5c8ccc(C(C)(C)C)cc8Oc8cc(C(C)(C)C)cc(c85)B7c5cc(C(C)(C)C)cc7c5N6c5ccc(C(C)(C)C)cc5O7)cccc4[n+](C)c3c12. The zero-order valence-electron chi connectivity index (χ0n) is 45.4. The molecular weight excluding hydrogens is 904 g/mol. The molecule has 0 spiro atoms. The van der Waals surface area contributed by atoms with Crippen molar-refractivity contribution in [3.05, 3.63) is 161 Å². The number of aromatic nitrogens is 2. The standard InChI is InChI=1S/C67H64BN4O2/c1-37-19-17-22-45-44-20-15-16-23-48(44)72-60-43(21-18-24-51(60)69(14)63(72)58(37)45)38-29-52-59-53(30-38)71-50-28-26-40(65(5,6)7)34-55(50)74-57-36-42(67(11,12)13)32-47(62(57)71)68(59)46-31-41(66(8,9)10)35-56-61(46)70(52)49-27-25-39(64(2,3)4)33-54(49)73-56/h15-36H,1-14H3/q+1. The van der Waals surface area contributed by atoms with Gasteiger partial charge in [-0.05, 0) is 145 Å². The third-order valence-corrected chi connectivity index (χ3v) is 16.9. The van der Waals surface area contributed by atoms with Gasteiger partial charge in [0.2, 0.25) is 0 Å². The van der Waals surface area contributed by atoms with Gasteiger partial charge in [-0.2, -0.15) is 4.40 Å². The molecular formula is C67H64BN4O2+. The number of benzene rings is 8. The molecule has 0 fully saturated rings. The summed E-state index contributed by atoms with van der Waals surface area (Å²) in [6.07, 6.45) is 0. The molecule has 4 aliphatic heterocycles. The van der Waals surface area contributed by atoms with Crippen LogP contribution < -0.4 is 40.2 Å². The maximum atomic E-state index is 7.31. The summed E-state index contributed by atoms with van der Waals surface area (Å²) < 4.78 is 19.6. The van der Waals surface area contributed by atoms with Crippen molar-refractivity contribution in [1.29, 1.82) is 0 Å². The lowest BCUT2D eigenvalue weighted by Gasteiger charge is -2.48. The second kappa shape index (κ2) is 14.6. The Labute approximate surface area is 435 Å². The summed E-state index contributed by atoms with van der Waals surface area (Å²) >= 11 is 0. The molecule has 2 aromatic heterocycles. The topological polar surface area (TPSA) is 33.2 Å². The van der Waals surface area contributed by atoms with E-state index in [1.807, 2.05) is 0 Å². The molecule has 0 amide bonds. The molecule has 0 bridgehead atoms. The molecule has 0 unspecified atom stereocenters. The number of fused-ring (bicyclic) bond motifs is 16. The summed E-state index contributed by atoms with van der Waals surface area (Å²) in [6, 6.07) is 51.1. The molecule has 366 valence electrons. The average molecular weight is 968 g/mol. The van der Waals surface area contributed by atoms with Crippen molar-refractivity contribution in [2.75, 3.05) is 9.80 Å². The minimum absolute atomic E-state index is 0.0746. The lowest BCUT2D eigenvalue weighted by atomic mass is 9.33. The van der Waals surface area contributed by atoms with E-state index in [4.69, 9.17) is 9.47 Å². The first-order valence-corrected chi connectivity index (χ1v) is 26.6. The first-order valence-electron chi connectivity index (χ1n) is 26.6. The molecule has 0 aliphatic carbocycles. The minimum Gasteiger partial charge on any atom is -0.453 e. The predicted molar refractivity (Wildman–Crippen MR) is 310 cm³/mol. The Bertz CT molecular complexity index is 4010. The van der Waals surface area contributed by atoms with Crippen LogP contribution in [-0.4, -0.2) is 11.1 Å². The monoisotopic (exact) mass is 968 g/mol. The fraction of sp³-hybridized carbons (Fsp3) is 0.269. The molecule has 74 heavy (non-hydrogen) atoms. The van der Waals surface area contributed by atoms with Crippen LogP contribution in [0.5, 0.6) is 23.0 Å². The largest absolute Gasteiger partial charge is 0.453 e. The Kier molecular flexibility index (Phi) is 8.92. The quantitative estimate of drug-likeness (QED) is 0.0932. The summed E-state index contributed by atoms with van der Waals surface area (Å²) in [5, 5.41) is 3.79. The van der Waals surface area contributed by atoms with Crippen LogP contribution in [0.25, 0.3) is 49.5 Å². The molecule has 8 aromatic carbocycles. The molecule has 6 nitrogen and oxygen atoms in total. The van der Waals surface area contributed by atoms with Crippen LogP contribution in [0.15, 0.2) is 133 Å². The van der Waals surface area contributed by atoms with Crippen LogP contribution in [-0.2, 0) is 28.7 Å². The highest BCUT2D eigenvalue weighted by atomic mass is 16.5. The molecule has 7 heteroatoms. The van der Waals surface area contributed by atoms with E-state index in [0.717, 1.165) is 62.7 Å². The lowest BCUT2D eigenvalue weighted by Crippen LogP contribution is -2.62. The number of imidazole rings is 1. The van der Waals surface area contributed by atoms with Crippen LogP contribution in [0, 0.1) is 6.92 Å². The van der Waals surface area contributed by atoms with E-state index in [-0.39, 0.29) is 28.4 Å². The van der Waals surface area contributed by atoms with Gasteiger partial charge in [-0.3, -0.25) is 0 Å². The fourth-order valence-corrected chi connectivity index (χ4v) is 12.8. The van der Waals surface area contributed by atoms with E-state index in [1.165, 1.54) is 88.1 Å². The fourth-order valence-electron chi connectivity index (χ4n) is 12.8. The van der Waals surface area contributed by atoms with E-state index >= 15 is 0 Å². The summed E-state index contributed by atoms with van der Waals surface area (Å²) in [6.45, 7) is 29.8. The third-order valence-electron chi connectivity index (χ3n) is 16.9. The molecule has 10 aromatic rings. The predicted octanol–water partition coefficient (Wildman–Crippen LogP) is 15.7. The van der Waals surface area contributed by atoms with Crippen LogP contribution in [0.2, 0.25) is 0 Å². The zero-order valence-corrected chi connectivity index (χ0v) is 45.4. The molecule has 0 radical (unpaired) electrons. The molecule has 0 saturated carbocycles. The third kappa shape index (κ3) is 6.16. The van der Waals surface area contributed by atoms with E-state index in [2.05, 4.69) is 249 Å². The number of anilines is 6. The Balaban J connectivity index is 1.16. The van der Waals surface area contributed by atoms with Gasteiger partial charge in [-0.25, -0.2) is 4.57 Å². The molecule has 6 heterocycles. The van der Waals surface area contributed by atoms with Gasteiger partial charge in [0.15, 0.2) is 34.0 Å². The molecule has 0 N–H and O–H groups in total. The van der Waals surface area contributed by atoms with Crippen molar-refractivity contribution in [2.24, 2.45) is 7.05 Å². The van der Waals surface area contributed by atoms with E-state index in [1.54, 1.807) is 0 Å².